The summed E-state index contributed by atoms with van der Waals surface area (Å²) < 4.78 is 5.45. The first-order valence-corrected chi connectivity index (χ1v) is 9.61. The lowest BCUT2D eigenvalue weighted by molar-refractivity contribution is 0.0153. The quantitative estimate of drug-likeness (QED) is 0.821. The van der Waals surface area contributed by atoms with Gasteiger partial charge in [-0.25, -0.2) is 4.98 Å². The SMILES string of the molecule is CCCc1nc(C(=O)NC[C@H](c2ccccn2)N2CCOCC2)cs1. The van der Waals surface area contributed by atoms with E-state index in [1.807, 2.05) is 23.6 Å². The van der Waals surface area contributed by atoms with Gasteiger partial charge in [-0.3, -0.25) is 14.7 Å². The van der Waals surface area contributed by atoms with E-state index in [1.165, 1.54) is 0 Å². The van der Waals surface area contributed by atoms with Crippen molar-refractivity contribution in [1.82, 2.24) is 20.2 Å². The van der Waals surface area contributed by atoms with Gasteiger partial charge >= 0.3 is 0 Å². The lowest BCUT2D eigenvalue weighted by Crippen LogP contribution is -2.44. The van der Waals surface area contributed by atoms with Crippen LogP contribution >= 0.6 is 11.3 Å². The highest BCUT2D eigenvalue weighted by molar-refractivity contribution is 7.09. The molecule has 0 unspecified atom stereocenters. The van der Waals surface area contributed by atoms with Crippen LogP contribution in [-0.2, 0) is 11.2 Å². The highest BCUT2D eigenvalue weighted by Crippen LogP contribution is 2.19. The van der Waals surface area contributed by atoms with Crippen molar-refractivity contribution in [1.29, 1.82) is 0 Å². The van der Waals surface area contributed by atoms with Crippen LogP contribution in [0.4, 0.5) is 0 Å². The minimum atomic E-state index is -0.118. The molecule has 134 valence electrons. The smallest absolute Gasteiger partial charge is 0.270 e. The number of aromatic nitrogens is 2. The van der Waals surface area contributed by atoms with Gasteiger partial charge in [-0.05, 0) is 25.0 Å². The zero-order valence-electron chi connectivity index (χ0n) is 14.5. The Morgan fingerprint density at radius 2 is 2.24 bits per heavy atom. The van der Waals surface area contributed by atoms with Gasteiger partial charge in [0, 0.05) is 31.2 Å². The third kappa shape index (κ3) is 4.84. The van der Waals surface area contributed by atoms with Crippen molar-refractivity contribution in [3.8, 4) is 0 Å². The van der Waals surface area contributed by atoms with Gasteiger partial charge in [0.25, 0.3) is 5.91 Å². The number of amides is 1. The van der Waals surface area contributed by atoms with E-state index in [9.17, 15) is 4.79 Å². The van der Waals surface area contributed by atoms with E-state index >= 15 is 0 Å². The monoisotopic (exact) mass is 360 g/mol. The molecule has 1 N–H and O–H groups in total. The van der Waals surface area contributed by atoms with Gasteiger partial charge in [0.05, 0.1) is 30.0 Å². The van der Waals surface area contributed by atoms with E-state index in [1.54, 1.807) is 17.5 Å². The summed E-state index contributed by atoms with van der Waals surface area (Å²) >= 11 is 1.55. The molecular weight excluding hydrogens is 336 g/mol. The first-order chi connectivity index (χ1) is 12.3. The van der Waals surface area contributed by atoms with Crippen molar-refractivity contribution in [2.45, 2.75) is 25.8 Å². The number of pyridine rings is 1. The summed E-state index contributed by atoms with van der Waals surface area (Å²) in [5.74, 6) is -0.118. The molecule has 3 heterocycles. The van der Waals surface area contributed by atoms with Crippen LogP contribution in [0.5, 0.6) is 0 Å². The molecule has 25 heavy (non-hydrogen) atoms. The normalized spacial score (nSPS) is 16.5. The van der Waals surface area contributed by atoms with Crippen LogP contribution < -0.4 is 5.32 Å². The van der Waals surface area contributed by atoms with E-state index in [0.29, 0.717) is 25.5 Å². The van der Waals surface area contributed by atoms with Crippen LogP contribution in [0.2, 0.25) is 0 Å². The molecule has 0 spiro atoms. The summed E-state index contributed by atoms with van der Waals surface area (Å²) in [6, 6.07) is 5.94. The van der Waals surface area contributed by atoms with Crippen LogP contribution in [0.25, 0.3) is 0 Å². The van der Waals surface area contributed by atoms with Crippen LogP contribution in [0.15, 0.2) is 29.8 Å². The first-order valence-electron chi connectivity index (χ1n) is 8.73. The number of nitrogens with one attached hydrogen (secondary N) is 1. The minimum absolute atomic E-state index is 0.0443. The number of thiazole rings is 1. The Balaban J connectivity index is 1.66. The molecule has 0 saturated carbocycles. The van der Waals surface area contributed by atoms with Crippen molar-refractivity contribution in [2.75, 3.05) is 32.8 Å². The van der Waals surface area contributed by atoms with Crippen LogP contribution in [-0.4, -0.2) is 53.6 Å². The Kier molecular flexibility index (Phi) is 6.49. The van der Waals surface area contributed by atoms with Gasteiger partial charge in [-0.15, -0.1) is 11.3 Å². The second-order valence-electron chi connectivity index (χ2n) is 6.01. The highest BCUT2D eigenvalue weighted by atomic mass is 32.1. The molecule has 3 rings (SSSR count). The number of rotatable bonds is 7. The van der Waals surface area contributed by atoms with Gasteiger partial charge in [0.15, 0.2) is 0 Å². The molecule has 6 nitrogen and oxygen atoms in total. The van der Waals surface area contributed by atoms with Crippen molar-refractivity contribution >= 4 is 17.2 Å². The lowest BCUT2D eigenvalue weighted by Gasteiger charge is -2.34. The van der Waals surface area contributed by atoms with Crippen molar-refractivity contribution in [2.24, 2.45) is 0 Å². The molecule has 0 radical (unpaired) electrons. The maximum Gasteiger partial charge on any atom is 0.270 e. The van der Waals surface area contributed by atoms with E-state index in [-0.39, 0.29) is 11.9 Å². The maximum absolute atomic E-state index is 12.5. The van der Waals surface area contributed by atoms with E-state index < -0.39 is 0 Å². The minimum Gasteiger partial charge on any atom is -0.379 e. The average Bonchev–Trinajstić information content (AvgIpc) is 3.13. The van der Waals surface area contributed by atoms with Crippen LogP contribution in [0, 0.1) is 0 Å². The average molecular weight is 360 g/mol. The fourth-order valence-electron chi connectivity index (χ4n) is 2.91. The number of ether oxygens (including phenoxy) is 1. The van der Waals surface area contributed by atoms with Crippen molar-refractivity contribution < 1.29 is 9.53 Å². The van der Waals surface area contributed by atoms with E-state index in [2.05, 4.69) is 27.1 Å². The molecule has 0 aliphatic carbocycles. The molecule has 0 bridgehead atoms. The number of aryl methyl sites for hydroxylation is 1. The fraction of sp³-hybridized carbons (Fsp3) is 0.500. The molecule has 0 aromatic carbocycles. The number of hydrogen-bond donors (Lipinski definition) is 1. The number of nitrogens with zero attached hydrogens (tertiary/aromatic N) is 3. The second kappa shape index (κ2) is 9.03. The Hall–Kier alpha value is -1.83. The van der Waals surface area contributed by atoms with Gasteiger partial charge in [-0.1, -0.05) is 13.0 Å². The number of morpholine rings is 1. The summed E-state index contributed by atoms with van der Waals surface area (Å²) in [5, 5.41) is 5.89. The fourth-order valence-corrected chi connectivity index (χ4v) is 3.79. The third-order valence-corrected chi connectivity index (χ3v) is 5.13. The van der Waals surface area contributed by atoms with Gasteiger partial charge < -0.3 is 10.1 Å². The molecule has 1 aliphatic heterocycles. The highest BCUT2D eigenvalue weighted by Gasteiger charge is 2.24. The number of carbonyl (C=O) groups is 1. The zero-order valence-corrected chi connectivity index (χ0v) is 15.3. The molecule has 7 heteroatoms. The maximum atomic E-state index is 12.5. The molecule has 2 aromatic rings. The Labute approximate surface area is 152 Å². The summed E-state index contributed by atoms with van der Waals surface area (Å²) in [4.78, 5) is 23.7. The lowest BCUT2D eigenvalue weighted by atomic mass is 10.1. The summed E-state index contributed by atoms with van der Waals surface area (Å²) in [7, 11) is 0. The predicted molar refractivity (Wildman–Crippen MR) is 97.8 cm³/mol. The Bertz CT molecular complexity index is 671. The van der Waals surface area contributed by atoms with E-state index in [4.69, 9.17) is 4.74 Å². The second-order valence-corrected chi connectivity index (χ2v) is 6.95. The summed E-state index contributed by atoms with van der Waals surface area (Å²) in [5.41, 5.74) is 1.48. The van der Waals surface area contributed by atoms with Gasteiger partial charge in [-0.2, -0.15) is 0 Å². The van der Waals surface area contributed by atoms with Gasteiger partial charge in [0.2, 0.25) is 0 Å². The summed E-state index contributed by atoms with van der Waals surface area (Å²) in [6.45, 7) is 5.73. The molecule has 1 atom stereocenters. The van der Waals surface area contributed by atoms with Gasteiger partial charge in [0.1, 0.15) is 5.69 Å². The largest absolute Gasteiger partial charge is 0.379 e. The van der Waals surface area contributed by atoms with Crippen molar-refractivity contribution in [3.05, 3.63) is 46.2 Å². The van der Waals surface area contributed by atoms with Crippen molar-refractivity contribution in [3.63, 3.8) is 0 Å². The predicted octanol–water partition coefficient (Wildman–Crippen LogP) is 2.29. The molecule has 2 aromatic heterocycles. The third-order valence-electron chi connectivity index (χ3n) is 4.22. The van der Waals surface area contributed by atoms with E-state index in [0.717, 1.165) is 36.6 Å². The summed E-state index contributed by atoms with van der Waals surface area (Å²) in [6.07, 6.45) is 3.75. The molecule has 1 aliphatic rings. The Morgan fingerprint density at radius 1 is 1.40 bits per heavy atom. The number of carbonyl (C=O) groups excluding carboxylic acids is 1. The van der Waals surface area contributed by atoms with Crippen LogP contribution in [0.1, 0.15) is 40.6 Å². The topological polar surface area (TPSA) is 67.4 Å². The Morgan fingerprint density at radius 3 is 2.96 bits per heavy atom. The standard InChI is InChI=1S/C18H24N4O2S/c1-2-5-17-21-15(13-25-17)18(23)20-12-16(14-6-3-4-7-19-14)22-8-10-24-11-9-22/h3-4,6-7,13,16H,2,5,8-12H2,1H3,(H,20,23)/t16-/m1/s1. The molecule has 1 amide bonds. The molecular formula is C18H24N4O2S. The molecule has 1 saturated heterocycles. The molecule has 1 fully saturated rings. The van der Waals surface area contributed by atoms with Crippen LogP contribution in [0.3, 0.4) is 0 Å². The number of hydrogen-bond acceptors (Lipinski definition) is 6. The zero-order chi connectivity index (χ0) is 17.5. The first kappa shape index (κ1) is 18.0.